The molecule has 3 nitrogen and oxygen atoms in total. The van der Waals surface area contributed by atoms with Crippen LogP contribution in [0.1, 0.15) is 42.5 Å². The van der Waals surface area contributed by atoms with E-state index in [0.29, 0.717) is 0 Å². The summed E-state index contributed by atoms with van der Waals surface area (Å²) in [6.45, 7) is 5.79. The minimum atomic E-state index is 0.0813. The lowest BCUT2D eigenvalue weighted by Gasteiger charge is -2.06. The van der Waals surface area contributed by atoms with Crippen molar-refractivity contribution in [3.05, 3.63) is 47.3 Å². The second-order valence-corrected chi connectivity index (χ2v) is 4.35. The second-order valence-electron chi connectivity index (χ2n) is 4.35. The summed E-state index contributed by atoms with van der Waals surface area (Å²) in [7, 11) is 0. The number of aryl methyl sites for hydroxylation is 2. The van der Waals surface area contributed by atoms with Crippen LogP contribution in [0, 0.1) is 0 Å². The van der Waals surface area contributed by atoms with Gasteiger partial charge in [-0.1, -0.05) is 26.0 Å². The zero-order chi connectivity index (χ0) is 13.1. The average molecular weight is 242 g/mol. The normalized spacial score (nSPS) is 10.6. The van der Waals surface area contributed by atoms with Crippen LogP contribution in [0.15, 0.2) is 30.3 Å². The third-order valence-corrected chi connectivity index (χ3v) is 3.06. The molecule has 0 aliphatic carbocycles. The highest BCUT2D eigenvalue weighted by Gasteiger charge is 2.08. The van der Waals surface area contributed by atoms with Crippen molar-refractivity contribution in [1.82, 2.24) is 9.78 Å². The zero-order valence-electron chi connectivity index (χ0n) is 11.1. The molecule has 0 radical (unpaired) electrons. The van der Waals surface area contributed by atoms with Gasteiger partial charge in [0.15, 0.2) is 5.78 Å². The molecule has 18 heavy (non-hydrogen) atoms. The summed E-state index contributed by atoms with van der Waals surface area (Å²) >= 11 is 0. The van der Waals surface area contributed by atoms with Crippen LogP contribution in [0.4, 0.5) is 0 Å². The minimum absolute atomic E-state index is 0.0813. The van der Waals surface area contributed by atoms with E-state index in [4.69, 9.17) is 0 Å². The van der Waals surface area contributed by atoms with Gasteiger partial charge in [0, 0.05) is 11.3 Å². The van der Waals surface area contributed by atoms with Crippen molar-refractivity contribution in [2.75, 3.05) is 0 Å². The van der Waals surface area contributed by atoms with E-state index in [1.54, 1.807) is 6.92 Å². The van der Waals surface area contributed by atoms with E-state index in [1.165, 1.54) is 5.69 Å². The van der Waals surface area contributed by atoms with Gasteiger partial charge >= 0.3 is 0 Å². The molecule has 1 heterocycles. The van der Waals surface area contributed by atoms with Gasteiger partial charge in [-0.05, 0) is 38.0 Å². The van der Waals surface area contributed by atoms with E-state index in [0.717, 1.165) is 29.8 Å². The lowest BCUT2D eigenvalue weighted by atomic mass is 10.1. The molecule has 3 heteroatoms. The molecular weight excluding hydrogens is 224 g/mol. The van der Waals surface area contributed by atoms with Crippen LogP contribution >= 0.6 is 0 Å². The number of carbonyl (C=O) groups excluding carboxylic acids is 1. The molecule has 1 aromatic carbocycles. The maximum absolute atomic E-state index is 11.4. The molecule has 0 fully saturated rings. The van der Waals surface area contributed by atoms with Gasteiger partial charge in [0.2, 0.25) is 0 Å². The Labute approximate surface area is 107 Å². The van der Waals surface area contributed by atoms with Gasteiger partial charge in [-0.25, -0.2) is 4.68 Å². The summed E-state index contributed by atoms with van der Waals surface area (Å²) in [5.74, 6) is 0.0813. The molecule has 0 unspecified atom stereocenters. The Balaban J connectivity index is 2.50. The fourth-order valence-corrected chi connectivity index (χ4v) is 1.98. The summed E-state index contributed by atoms with van der Waals surface area (Å²) in [6, 6.07) is 9.74. The highest BCUT2D eigenvalue weighted by atomic mass is 16.1. The number of nitrogens with zero attached hydrogens (tertiary/aromatic N) is 2. The molecule has 0 saturated heterocycles. The molecule has 0 bridgehead atoms. The predicted octanol–water partition coefficient (Wildman–Crippen LogP) is 3.20. The van der Waals surface area contributed by atoms with Gasteiger partial charge in [0.05, 0.1) is 11.4 Å². The van der Waals surface area contributed by atoms with Crippen molar-refractivity contribution >= 4 is 5.78 Å². The Morgan fingerprint density at radius 1 is 1.22 bits per heavy atom. The topological polar surface area (TPSA) is 34.9 Å². The molecule has 0 N–H and O–H groups in total. The van der Waals surface area contributed by atoms with Gasteiger partial charge in [0.25, 0.3) is 0 Å². The van der Waals surface area contributed by atoms with Crippen LogP contribution in [0.5, 0.6) is 0 Å². The Hall–Kier alpha value is -1.90. The van der Waals surface area contributed by atoms with E-state index in [9.17, 15) is 4.79 Å². The summed E-state index contributed by atoms with van der Waals surface area (Å²) in [5.41, 5.74) is 3.94. The van der Waals surface area contributed by atoms with Crippen LogP contribution in [0.2, 0.25) is 0 Å². The lowest BCUT2D eigenvalue weighted by Crippen LogP contribution is -2.03. The molecule has 0 aliphatic heterocycles. The van der Waals surface area contributed by atoms with E-state index in [1.807, 2.05) is 28.9 Å². The fraction of sp³-hybridized carbons (Fsp3) is 0.333. The second kappa shape index (κ2) is 5.17. The van der Waals surface area contributed by atoms with Crippen molar-refractivity contribution in [2.24, 2.45) is 0 Å². The number of rotatable bonds is 4. The van der Waals surface area contributed by atoms with Crippen molar-refractivity contribution in [2.45, 2.75) is 33.6 Å². The monoisotopic (exact) mass is 242 g/mol. The SMILES string of the molecule is CCc1cc(CC)n(-c2cccc(C(C)=O)c2)n1. The van der Waals surface area contributed by atoms with Gasteiger partial charge in [0.1, 0.15) is 0 Å². The number of Topliss-reactive ketones (excluding diaryl/α,β-unsaturated/α-hetero) is 1. The average Bonchev–Trinajstić information content (AvgIpc) is 2.82. The largest absolute Gasteiger partial charge is 0.295 e. The van der Waals surface area contributed by atoms with Crippen molar-refractivity contribution in [1.29, 1.82) is 0 Å². The number of benzene rings is 1. The minimum Gasteiger partial charge on any atom is -0.295 e. The van der Waals surface area contributed by atoms with Gasteiger partial charge in [-0.3, -0.25) is 4.79 Å². The maximum atomic E-state index is 11.4. The lowest BCUT2D eigenvalue weighted by molar-refractivity contribution is 0.101. The van der Waals surface area contributed by atoms with E-state index in [-0.39, 0.29) is 5.78 Å². The first-order chi connectivity index (χ1) is 8.65. The van der Waals surface area contributed by atoms with Crippen LogP contribution < -0.4 is 0 Å². The molecular formula is C15H18N2O. The molecule has 0 spiro atoms. The summed E-state index contributed by atoms with van der Waals surface area (Å²) < 4.78 is 1.94. The Kier molecular flexibility index (Phi) is 3.60. The first kappa shape index (κ1) is 12.6. The molecule has 0 atom stereocenters. The standard InChI is InChI=1S/C15H18N2O/c1-4-13-10-14(5-2)17(16-13)15-8-6-7-12(9-15)11(3)18/h6-10H,4-5H2,1-3H3. The third-order valence-electron chi connectivity index (χ3n) is 3.06. The Morgan fingerprint density at radius 2 is 2.00 bits per heavy atom. The molecule has 1 aromatic heterocycles. The number of hydrogen-bond donors (Lipinski definition) is 0. The van der Waals surface area contributed by atoms with Crippen LogP contribution in [-0.2, 0) is 12.8 Å². The first-order valence-corrected chi connectivity index (χ1v) is 6.34. The molecule has 2 aromatic rings. The molecule has 0 saturated carbocycles. The molecule has 0 amide bonds. The summed E-state index contributed by atoms with van der Waals surface area (Å²) in [5, 5.41) is 4.58. The molecule has 94 valence electrons. The molecule has 2 rings (SSSR count). The maximum Gasteiger partial charge on any atom is 0.159 e. The number of hydrogen-bond acceptors (Lipinski definition) is 2. The van der Waals surface area contributed by atoms with Crippen molar-refractivity contribution < 1.29 is 4.79 Å². The molecule has 0 aliphatic rings. The summed E-state index contributed by atoms with van der Waals surface area (Å²) in [4.78, 5) is 11.4. The predicted molar refractivity (Wildman–Crippen MR) is 72.3 cm³/mol. The van der Waals surface area contributed by atoms with Gasteiger partial charge in [-0.2, -0.15) is 5.10 Å². The smallest absolute Gasteiger partial charge is 0.159 e. The van der Waals surface area contributed by atoms with E-state index < -0.39 is 0 Å². The Bertz CT molecular complexity index is 570. The first-order valence-electron chi connectivity index (χ1n) is 6.34. The van der Waals surface area contributed by atoms with E-state index >= 15 is 0 Å². The third kappa shape index (κ3) is 2.35. The van der Waals surface area contributed by atoms with Gasteiger partial charge < -0.3 is 0 Å². The van der Waals surface area contributed by atoms with Gasteiger partial charge in [-0.15, -0.1) is 0 Å². The van der Waals surface area contributed by atoms with Crippen LogP contribution in [0.25, 0.3) is 5.69 Å². The van der Waals surface area contributed by atoms with Crippen molar-refractivity contribution in [3.8, 4) is 5.69 Å². The number of carbonyl (C=O) groups is 1. The number of aromatic nitrogens is 2. The number of ketones is 1. The summed E-state index contributed by atoms with van der Waals surface area (Å²) in [6.07, 6.45) is 1.85. The highest BCUT2D eigenvalue weighted by Crippen LogP contribution is 2.15. The highest BCUT2D eigenvalue weighted by molar-refractivity contribution is 5.94. The quantitative estimate of drug-likeness (QED) is 0.772. The zero-order valence-corrected chi connectivity index (χ0v) is 11.1. The Morgan fingerprint density at radius 3 is 2.61 bits per heavy atom. The van der Waals surface area contributed by atoms with Crippen molar-refractivity contribution in [3.63, 3.8) is 0 Å². The van der Waals surface area contributed by atoms with Crippen LogP contribution in [-0.4, -0.2) is 15.6 Å². The van der Waals surface area contributed by atoms with Crippen LogP contribution in [0.3, 0.4) is 0 Å². The fourth-order valence-electron chi connectivity index (χ4n) is 1.98. The van der Waals surface area contributed by atoms with E-state index in [2.05, 4.69) is 25.0 Å².